The number of hydrogen-bond donors (Lipinski definition) is 1. The summed E-state index contributed by atoms with van der Waals surface area (Å²) in [7, 11) is 1.82. The van der Waals surface area contributed by atoms with E-state index in [0.29, 0.717) is 12.1 Å². The molecule has 0 aliphatic heterocycles. The third-order valence-corrected chi connectivity index (χ3v) is 3.74. The highest BCUT2D eigenvalue weighted by atomic mass is 32.1. The van der Waals surface area contributed by atoms with Gasteiger partial charge in [0.15, 0.2) is 0 Å². The largest absolute Gasteiger partial charge is 0.370 e. The second-order valence-electron chi connectivity index (χ2n) is 4.65. The standard InChI is InChI=1S/C15H19N3OS/c1-4-16-14-9-12(8-11(2)17-14)15(19)18(3)10-13-6-5-7-20-13/h5-9H,4,10H2,1-3H3,(H,16,17). The number of nitrogens with zero attached hydrogens (tertiary/aromatic N) is 2. The number of carbonyl (C=O) groups is 1. The van der Waals surface area contributed by atoms with Crippen molar-refractivity contribution in [3.05, 3.63) is 45.8 Å². The summed E-state index contributed by atoms with van der Waals surface area (Å²) < 4.78 is 0. The first-order valence-electron chi connectivity index (χ1n) is 6.60. The maximum atomic E-state index is 12.5. The van der Waals surface area contributed by atoms with Gasteiger partial charge in [-0.2, -0.15) is 0 Å². The number of carbonyl (C=O) groups excluding carboxylic acids is 1. The Balaban J connectivity index is 2.15. The fourth-order valence-corrected chi connectivity index (χ4v) is 2.75. The topological polar surface area (TPSA) is 45.2 Å². The number of thiophene rings is 1. The number of hydrogen-bond acceptors (Lipinski definition) is 4. The van der Waals surface area contributed by atoms with Crippen molar-refractivity contribution in [2.45, 2.75) is 20.4 Å². The van der Waals surface area contributed by atoms with Crippen molar-refractivity contribution in [1.82, 2.24) is 9.88 Å². The third kappa shape index (κ3) is 3.57. The van der Waals surface area contributed by atoms with E-state index < -0.39 is 0 Å². The lowest BCUT2D eigenvalue weighted by Crippen LogP contribution is -2.26. The van der Waals surface area contributed by atoms with Gasteiger partial charge in [-0.1, -0.05) is 6.07 Å². The average Bonchev–Trinajstić information content (AvgIpc) is 2.90. The van der Waals surface area contributed by atoms with E-state index in [-0.39, 0.29) is 5.91 Å². The van der Waals surface area contributed by atoms with Gasteiger partial charge in [0.25, 0.3) is 5.91 Å². The Hall–Kier alpha value is -1.88. The number of aromatic nitrogens is 1. The minimum Gasteiger partial charge on any atom is -0.370 e. The van der Waals surface area contributed by atoms with Crippen molar-refractivity contribution in [2.24, 2.45) is 0 Å². The van der Waals surface area contributed by atoms with Gasteiger partial charge in [-0.15, -0.1) is 11.3 Å². The molecule has 2 heterocycles. The normalized spacial score (nSPS) is 10.3. The van der Waals surface area contributed by atoms with Crippen LogP contribution in [0.2, 0.25) is 0 Å². The van der Waals surface area contributed by atoms with Gasteiger partial charge >= 0.3 is 0 Å². The second kappa shape index (κ2) is 6.52. The Labute approximate surface area is 123 Å². The lowest BCUT2D eigenvalue weighted by Gasteiger charge is -2.17. The second-order valence-corrected chi connectivity index (χ2v) is 5.69. The highest BCUT2D eigenvalue weighted by Crippen LogP contribution is 2.15. The van der Waals surface area contributed by atoms with Crippen LogP contribution in [0.3, 0.4) is 0 Å². The van der Waals surface area contributed by atoms with Crippen molar-refractivity contribution in [2.75, 3.05) is 18.9 Å². The van der Waals surface area contributed by atoms with Gasteiger partial charge in [-0.3, -0.25) is 4.79 Å². The Morgan fingerprint density at radius 2 is 2.25 bits per heavy atom. The summed E-state index contributed by atoms with van der Waals surface area (Å²) in [5.41, 5.74) is 1.52. The van der Waals surface area contributed by atoms with E-state index in [1.807, 2.05) is 50.5 Å². The molecule has 1 N–H and O–H groups in total. The van der Waals surface area contributed by atoms with Crippen LogP contribution < -0.4 is 5.32 Å². The van der Waals surface area contributed by atoms with Crippen LogP contribution in [-0.2, 0) is 6.54 Å². The van der Waals surface area contributed by atoms with Crippen molar-refractivity contribution in [1.29, 1.82) is 0 Å². The fraction of sp³-hybridized carbons (Fsp3) is 0.333. The van der Waals surface area contributed by atoms with E-state index in [4.69, 9.17) is 0 Å². The van der Waals surface area contributed by atoms with Gasteiger partial charge in [0.05, 0.1) is 6.54 Å². The molecule has 0 aromatic carbocycles. The summed E-state index contributed by atoms with van der Waals surface area (Å²) in [5, 5.41) is 5.17. The van der Waals surface area contributed by atoms with Gasteiger partial charge in [0.1, 0.15) is 5.82 Å². The third-order valence-electron chi connectivity index (χ3n) is 2.88. The van der Waals surface area contributed by atoms with E-state index in [0.717, 1.165) is 18.1 Å². The van der Waals surface area contributed by atoms with Gasteiger partial charge < -0.3 is 10.2 Å². The van der Waals surface area contributed by atoms with E-state index >= 15 is 0 Å². The first-order chi connectivity index (χ1) is 9.60. The fourth-order valence-electron chi connectivity index (χ4n) is 1.99. The number of aryl methyl sites for hydroxylation is 1. The predicted octanol–water partition coefficient (Wildman–Crippen LogP) is 3.16. The van der Waals surface area contributed by atoms with Crippen molar-refractivity contribution >= 4 is 23.1 Å². The highest BCUT2D eigenvalue weighted by Gasteiger charge is 2.14. The summed E-state index contributed by atoms with van der Waals surface area (Å²) >= 11 is 1.66. The number of rotatable bonds is 5. The average molecular weight is 289 g/mol. The lowest BCUT2D eigenvalue weighted by atomic mass is 10.2. The van der Waals surface area contributed by atoms with Crippen LogP contribution in [0.1, 0.15) is 27.9 Å². The molecule has 0 saturated heterocycles. The van der Waals surface area contributed by atoms with Crippen LogP contribution in [-0.4, -0.2) is 29.4 Å². The molecule has 2 aromatic heterocycles. The summed E-state index contributed by atoms with van der Waals surface area (Å²) in [4.78, 5) is 19.7. The SMILES string of the molecule is CCNc1cc(C(=O)N(C)Cc2cccs2)cc(C)n1. The van der Waals surface area contributed by atoms with Crippen LogP contribution in [0, 0.1) is 6.92 Å². The van der Waals surface area contributed by atoms with Gasteiger partial charge in [-0.25, -0.2) is 4.98 Å². The number of pyridine rings is 1. The minimum absolute atomic E-state index is 0.0167. The number of nitrogens with one attached hydrogen (secondary N) is 1. The Morgan fingerprint density at radius 1 is 1.45 bits per heavy atom. The number of anilines is 1. The van der Waals surface area contributed by atoms with E-state index in [2.05, 4.69) is 10.3 Å². The number of amides is 1. The van der Waals surface area contributed by atoms with Gasteiger partial charge in [-0.05, 0) is 37.4 Å². The maximum absolute atomic E-state index is 12.5. The molecule has 0 fully saturated rings. The molecule has 4 nitrogen and oxygen atoms in total. The Morgan fingerprint density at radius 3 is 2.90 bits per heavy atom. The summed E-state index contributed by atoms with van der Waals surface area (Å²) in [6, 6.07) is 7.67. The Bertz CT molecular complexity index is 581. The molecule has 1 amide bonds. The molecule has 0 aliphatic rings. The maximum Gasteiger partial charge on any atom is 0.254 e. The molecule has 0 radical (unpaired) electrons. The first kappa shape index (κ1) is 14.5. The summed E-state index contributed by atoms with van der Waals surface area (Å²) in [6.45, 7) is 5.33. The molecular weight excluding hydrogens is 270 g/mol. The van der Waals surface area contributed by atoms with Crippen molar-refractivity contribution in [3.63, 3.8) is 0 Å². The highest BCUT2D eigenvalue weighted by molar-refractivity contribution is 7.09. The molecule has 0 aliphatic carbocycles. The summed E-state index contributed by atoms with van der Waals surface area (Å²) in [5.74, 6) is 0.767. The molecule has 2 aromatic rings. The molecule has 106 valence electrons. The van der Waals surface area contributed by atoms with Gasteiger partial charge in [0, 0.05) is 29.7 Å². The quantitative estimate of drug-likeness (QED) is 0.919. The zero-order valence-corrected chi connectivity index (χ0v) is 12.8. The van der Waals surface area contributed by atoms with Gasteiger partial charge in [0.2, 0.25) is 0 Å². The molecule has 0 unspecified atom stereocenters. The first-order valence-corrected chi connectivity index (χ1v) is 7.48. The zero-order valence-electron chi connectivity index (χ0n) is 12.0. The molecule has 20 heavy (non-hydrogen) atoms. The van der Waals surface area contributed by atoms with Crippen molar-refractivity contribution in [3.8, 4) is 0 Å². The monoisotopic (exact) mass is 289 g/mol. The lowest BCUT2D eigenvalue weighted by molar-refractivity contribution is 0.0786. The summed E-state index contributed by atoms with van der Waals surface area (Å²) in [6.07, 6.45) is 0. The van der Waals surface area contributed by atoms with E-state index in [1.54, 1.807) is 16.2 Å². The predicted molar refractivity (Wildman–Crippen MR) is 83.3 cm³/mol. The van der Waals surface area contributed by atoms with E-state index in [1.165, 1.54) is 4.88 Å². The van der Waals surface area contributed by atoms with Crippen molar-refractivity contribution < 1.29 is 4.79 Å². The van der Waals surface area contributed by atoms with Crippen LogP contribution in [0.4, 0.5) is 5.82 Å². The molecule has 0 bridgehead atoms. The molecular formula is C15H19N3OS. The molecule has 0 saturated carbocycles. The Kier molecular flexibility index (Phi) is 4.74. The van der Waals surface area contributed by atoms with E-state index in [9.17, 15) is 4.79 Å². The van der Waals surface area contributed by atoms with Crippen LogP contribution in [0.25, 0.3) is 0 Å². The minimum atomic E-state index is 0.0167. The van der Waals surface area contributed by atoms with Crippen LogP contribution >= 0.6 is 11.3 Å². The molecule has 5 heteroatoms. The molecule has 0 atom stereocenters. The molecule has 0 spiro atoms. The van der Waals surface area contributed by atoms with Crippen LogP contribution in [0.5, 0.6) is 0 Å². The molecule has 2 rings (SSSR count). The smallest absolute Gasteiger partial charge is 0.254 e. The zero-order chi connectivity index (χ0) is 14.5. The van der Waals surface area contributed by atoms with Crippen LogP contribution in [0.15, 0.2) is 29.6 Å².